The molecule has 2 atom stereocenters. The third kappa shape index (κ3) is 4.28. The van der Waals surface area contributed by atoms with Gasteiger partial charge in [-0.15, -0.1) is 0 Å². The van der Waals surface area contributed by atoms with Crippen LogP contribution in [-0.4, -0.2) is 53.3 Å². The van der Waals surface area contributed by atoms with E-state index in [1.54, 1.807) is 4.90 Å². The zero-order chi connectivity index (χ0) is 14.0. The van der Waals surface area contributed by atoms with Crippen LogP contribution in [0.4, 0.5) is 4.79 Å². The average molecular weight is 286 g/mol. The number of amides is 1. The Hall–Kier alpha value is -0.420. The van der Waals surface area contributed by atoms with E-state index >= 15 is 0 Å². The Morgan fingerprint density at radius 1 is 1.26 bits per heavy atom. The number of nitrogens with one attached hydrogen (secondary N) is 1. The van der Waals surface area contributed by atoms with Crippen molar-refractivity contribution in [2.45, 2.75) is 63.0 Å². The van der Waals surface area contributed by atoms with Crippen LogP contribution in [0.3, 0.4) is 0 Å². The molecule has 1 saturated carbocycles. The highest BCUT2D eigenvalue weighted by Gasteiger charge is 2.36. The third-order valence-corrected chi connectivity index (χ3v) is 4.82. The lowest BCUT2D eigenvalue weighted by Gasteiger charge is -2.41. The van der Waals surface area contributed by atoms with Crippen LogP contribution in [0, 0.1) is 0 Å². The van der Waals surface area contributed by atoms with Crippen LogP contribution in [0.25, 0.3) is 0 Å². The van der Waals surface area contributed by atoms with Crippen molar-refractivity contribution in [2.24, 2.45) is 0 Å². The molecule has 2 rings (SSSR count). The van der Waals surface area contributed by atoms with Crippen LogP contribution in [0.2, 0.25) is 0 Å². The minimum Gasteiger partial charge on any atom is -0.444 e. The summed E-state index contributed by atoms with van der Waals surface area (Å²) in [6, 6.07) is 1.10. The number of carbonyl (C=O) groups is 1. The van der Waals surface area contributed by atoms with Crippen LogP contribution < -0.4 is 5.32 Å². The molecule has 0 bridgehead atoms. The van der Waals surface area contributed by atoms with Crippen molar-refractivity contribution in [3.8, 4) is 0 Å². The normalized spacial score (nSPS) is 28.3. The van der Waals surface area contributed by atoms with Crippen molar-refractivity contribution in [3.63, 3.8) is 0 Å². The van der Waals surface area contributed by atoms with Gasteiger partial charge in [0.2, 0.25) is 0 Å². The SMILES string of the molecule is CSC1CCC(NC2CN(C(=O)OC(C)(C)C)C2)C1. The van der Waals surface area contributed by atoms with Gasteiger partial charge in [0.15, 0.2) is 0 Å². The molecule has 1 amide bonds. The quantitative estimate of drug-likeness (QED) is 0.865. The Labute approximate surface area is 120 Å². The van der Waals surface area contributed by atoms with E-state index < -0.39 is 5.60 Å². The summed E-state index contributed by atoms with van der Waals surface area (Å²) in [6.45, 7) is 7.29. The van der Waals surface area contributed by atoms with Crippen molar-refractivity contribution >= 4 is 17.9 Å². The van der Waals surface area contributed by atoms with E-state index in [2.05, 4.69) is 11.6 Å². The molecular weight excluding hydrogens is 260 g/mol. The number of hydrogen-bond acceptors (Lipinski definition) is 4. The van der Waals surface area contributed by atoms with Crippen LogP contribution in [0.1, 0.15) is 40.0 Å². The maximum atomic E-state index is 11.8. The van der Waals surface area contributed by atoms with E-state index in [0.29, 0.717) is 12.1 Å². The molecule has 1 heterocycles. The zero-order valence-electron chi connectivity index (χ0n) is 12.4. The van der Waals surface area contributed by atoms with Gasteiger partial charge in [0, 0.05) is 30.4 Å². The number of rotatable bonds is 3. The van der Waals surface area contributed by atoms with E-state index in [0.717, 1.165) is 18.3 Å². The molecule has 2 fully saturated rings. The van der Waals surface area contributed by atoms with Gasteiger partial charge in [-0.1, -0.05) is 0 Å². The minimum atomic E-state index is -0.396. The van der Waals surface area contributed by atoms with Crippen LogP contribution in [-0.2, 0) is 4.74 Å². The predicted molar refractivity (Wildman–Crippen MR) is 79.7 cm³/mol. The number of likely N-dealkylation sites (tertiary alicyclic amines) is 1. The highest BCUT2D eigenvalue weighted by atomic mass is 32.2. The fourth-order valence-electron chi connectivity index (χ4n) is 2.70. The van der Waals surface area contributed by atoms with Crippen LogP contribution in [0.5, 0.6) is 0 Å². The van der Waals surface area contributed by atoms with Gasteiger partial charge in [-0.05, 0) is 46.3 Å². The summed E-state index contributed by atoms with van der Waals surface area (Å²) in [7, 11) is 0. The van der Waals surface area contributed by atoms with Gasteiger partial charge in [-0.25, -0.2) is 4.79 Å². The summed E-state index contributed by atoms with van der Waals surface area (Å²) in [6.07, 6.45) is 5.87. The molecule has 110 valence electrons. The molecule has 1 N–H and O–H groups in total. The van der Waals surface area contributed by atoms with Gasteiger partial charge in [-0.2, -0.15) is 11.8 Å². The summed E-state index contributed by atoms with van der Waals surface area (Å²) in [5.74, 6) is 0. The lowest BCUT2D eigenvalue weighted by molar-refractivity contribution is 0.00424. The largest absolute Gasteiger partial charge is 0.444 e. The second-order valence-electron chi connectivity index (χ2n) is 6.62. The van der Waals surface area contributed by atoms with Crippen molar-refractivity contribution in [1.29, 1.82) is 0 Å². The predicted octanol–water partition coefficient (Wildman–Crippen LogP) is 2.48. The van der Waals surface area contributed by atoms with Gasteiger partial charge in [0.1, 0.15) is 5.60 Å². The van der Waals surface area contributed by atoms with Gasteiger partial charge in [0.05, 0.1) is 0 Å². The molecule has 2 unspecified atom stereocenters. The Balaban J connectivity index is 1.65. The van der Waals surface area contributed by atoms with Gasteiger partial charge >= 0.3 is 6.09 Å². The average Bonchev–Trinajstić information content (AvgIpc) is 2.67. The molecule has 0 aromatic heterocycles. The molecule has 4 nitrogen and oxygen atoms in total. The number of nitrogens with zero attached hydrogens (tertiary/aromatic N) is 1. The zero-order valence-corrected chi connectivity index (χ0v) is 13.3. The Morgan fingerprint density at radius 2 is 1.95 bits per heavy atom. The first-order valence-corrected chi connectivity index (χ1v) is 8.43. The molecule has 19 heavy (non-hydrogen) atoms. The minimum absolute atomic E-state index is 0.182. The molecule has 0 aromatic carbocycles. The maximum absolute atomic E-state index is 11.8. The highest BCUT2D eigenvalue weighted by molar-refractivity contribution is 7.99. The van der Waals surface area contributed by atoms with E-state index in [9.17, 15) is 4.79 Å². The van der Waals surface area contributed by atoms with Crippen molar-refractivity contribution in [1.82, 2.24) is 10.2 Å². The summed E-state index contributed by atoms with van der Waals surface area (Å²) >= 11 is 1.98. The summed E-state index contributed by atoms with van der Waals surface area (Å²) in [4.78, 5) is 13.6. The lowest BCUT2D eigenvalue weighted by atomic mass is 10.1. The molecule has 1 saturated heterocycles. The van der Waals surface area contributed by atoms with Crippen molar-refractivity contribution in [3.05, 3.63) is 0 Å². The van der Waals surface area contributed by atoms with Gasteiger partial charge in [-0.3, -0.25) is 0 Å². The molecule has 1 aliphatic heterocycles. The molecule has 1 aliphatic carbocycles. The number of hydrogen-bond donors (Lipinski definition) is 1. The Bertz CT molecular complexity index is 324. The maximum Gasteiger partial charge on any atom is 0.410 e. The number of ether oxygens (including phenoxy) is 1. The molecule has 0 spiro atoms. The topological polar surface area (TPSA) is 41.6 Å². The van der Waals surface area contributed by atoms with Crippen LogP contribution >= 0.6 is 11.8 Å². The summed E-state index contributed by atoms with van der Waals surface area (Å²) in [5, 5.41) is 4.48. The second kappa shape index (κ2) is 5.92. The fraction of sp³-hybridized carbons (Fsp3) is 0.929. The van der Waals surface area contributed by atoms with Gasteiger partial charge in [0.25, 0.3) is 0 Å². The third-order valence-electron chi connectivity index (χ3n) is 3.72. The lowest BCUT2D eigenvalue weighted by Crippen LogP contribution is -2.62. The second-order valence-corrected chi connectivity index (χ2v) is 7.75. The fourth-order valence-corrected chi connectivity index (χ4v) is 3.49. The van der Waals surface area contributed by atoms with E-state index in [1.807, 2.05) is 32.5 Å². The van der Waals surface area contributed by atoms with Crippen molar-refractivity contribution in [2.75, 3.05) is 19.3 Å². The van der Waals surface area contributed by atoms with E-state index in [-0.39, 0.29) is 6.09 Å². The van der Waals surface area contributed by atoms with Crippen LogP contribution in [0.15, 0.2) is 0 Å². The molecule has 0 aromatic rings. The standard InChI is InChI=1S/C14H26N2O2S/c1-14(2,3)18-13(17)16-8-11(9-16)15-10-5-6-12(7-10)19-4/h10-12,15H,5-9H2,1-4H3. The monoisotopic (exact) mass is 286 g/mol. The summed E-state index contributed by atoms with van der Waals surface area (Å²) < 4.78 is 5.35. The first-order chi connectivity index (χ1) is 8.87. The Kier molecular flexibility index (Phi) is 4.66. The number of carbonyl (C=O) groups excluding carboxylic acids is 1. The molecule has 5 heteroatoms. The molecule has 2 aliphatic rings. The van der Waals surface area contributed by atoms with Crippen molar-refractivity contribution < 1.29 is 9.53 Å². The first kappa shape index (κ1) is 15.0. The van der Waals surface area contributed by atoms with E-state index in [1.165, 1.54) is 19.3 Å². The highest BCUT2D eigenvalue weighted by Crippen LogP contribution is 2.29. The van der Waals surface area contributed by atoms with E-state index in [4.69, 9.17) is 4.74 Å². The van der Waals surface area contributed by atoms with Gasteiger partial charge < -0.3 is 15.0 Å². The Morgan fingerprint density at radius 3 is 2.47 bits per heavy atom. The first-order valence-electron chi connectivity index (χ1n) is 7.14. The smallest absolute Gasteiger partial charge is 0.410 e. The summed E-state index contributed by atoms with van der Waals surface area (Å²) in [5.41, 5.74) is -0.396. The molecule has 0 radical (unpaired) electrons. The molecular formula is C14H26N2O2S. The number of thioether (sulfide) groups is 1.